The summed E-state index contributed by atoms with van der Waals surface area (Å²) in [4.78, 5) is 39.3. The van der Waals surface area contributed by atoms with Crippen LogP contribution < -0.4 is 16.6 Å². The number of thiazole rings is 1. The first-order chi connectivity index (χ1) is 9.88. The second-order valence-corrected chi connectivity index (χ2v) is 5.32. The quantitative estimate of drug-likeness (QED) is 0.837. The molecule has 0 atom stereocenters. The zero-order valence-electron chi connectivity index (χ0n) is 11.8. The van der Waals surface area contributed by atoms with Gasteiger partial charge in [0.05, 0.1) is 11.3 Å². The number of anilines is 1. The largest absolute Gasteiger partial charge is 0.330 e. The van der Waals surface area contributed by atoms with Crippen LogP contribution in [0, 0.1) is 6.92 Å². The Kier molecular flexibility index (Phi) is 4.18. The lowest BCUT2D eigenvalue weighted by atomic mass is 10.3. The van der Waals surface area contributed by atoms with Crippen molar-refractivity contribution >= 4 is 28.5 Å². The lowest BCUT2D eigenvalue weighted by molar-refractivity contribution is -0.111. The van der Waals surface area contributed by atoms with Crippen molar-refractivity contribution in [1.82, 2.24) is 14.1 Å². The van der Waals surface area contributed by atoms with Crippen molar-refractivity contribution in [2.75, 3.05) is 5.32 Å². The molecule has 21 heavy (non-hydrogen) atoms. The summed E-state index contributed by atoms with van der Waals surface area (Å²) >= 11 is 1.32. The summed E-state index contributed by atoms with van der Waals surface area (Å²) in [7, 11) is 2.93. The van der Waals surface area contributed by atoms with Gasteiger partial charge in [0.15, 0.2) is 5.13 Å². The van der Waals surface area contributed by atoms with Crippen LogP contribution in [0.1, 0.15) is 11.3 Å². The summed E-state index contributed by atoms with van der Waals surface area (Å²) < 4.78 is 2.27. The number of rotatable bonds is 3. The normalized spacial score (nSPS) is 11.0. The minimum Gasteiger partial charge on any atom is -0.303 e. The summed E-state index contributed by atoms with van der Waals surface area (Å²) in [5.41, 5.74) is 0.211. The van der Waals surface area contributed by atoms with E-state index in [9.17, 15) is 14.4 Å². The maximum absolute atomic E-state index is 11.9. The zero-order valence-corrected chi connectivity index (χ0v) is 12.6. The number of hydrogen-bond donors (Lipinski definition) is 1. The molecule has 0 radical (unpaired) electrons. The molecule has 2 heterocycles. The van der Waals surface area contributed by atoms with Gasteiger partial charge in [0.2, 0.25) is 5.91 Å². The second-order valence-electron chi connectivity index (χ2n) is 4.46. The van der Waals surface area contributed by atoms with Crippen LogP contribution in [0.3, 0.4) is 0 Å². The Hall–Kier alpha value is -2.48. The average molecular weight is 306 g/mol. The second kappa shape index (κ2) is 5.88. The Morgan fingerprint density at radius 2 is 2.10 bits per heavy atom. The molecular weight excluding hydrogens is 292 g/mol. The first-order valence-electron chi connectivity index (χ1n) is 6.06. The van der Waals surface area contributed by atoms with Gasteiger partial charge in [-0.05, 0) is 13.0 Å². The van der Waals surface area contributed by atoms with Crippen LogP contribution in [0.15, 0.2) is 27.2 Å². The maximum Gasteiger partial charge on any atom is 0.330 e. The van der Waals surface area contributed by atoms with Gasteiger partial charge in [0.25, 0.3) is 5.56 Å². The molecule has 0 bridgehead atoms. The van der Waals surface area contributed by atoms with Crippen LogP contribution in [-0.2, 0) is 18.9 Å². The van der Waals surface area contributed by atoms with E-state index in [0.29, 0.717) is 5.13 Å². The third-order valence-electron chi connectivity index (χ3n) is 2.74. The number of amides is 1. The Morgan fingerprint density at radius 1 is 1.38 bits per heavy atom. The van der Waals surface area contributed by atoms with Crippen molar-refractivity contribution in [3.8, 4) is 0 Å². The molecular formula is C13H14N4O3S. The molecule has 2 rings (SSSR count). The molecule has 110 valence electrons. The summed E-state index contributed by atoms with van der Waals surface area (Å²) in [6, 6.07) is 0. The van der Waals surface area contributed by atoms with Gasteiger partial charge in [-0.15, -0.1) is 11.3 Å². The summed E-state index contributed by atoms with van der Waals surface area (Å²) in [5, 5.41) is 4.91. The third kappa shape index (κ3) is 3.34. The highest BCUT2D eigenvalue weighted by Crippen LogP contribution is 2.14. The van der Waals surface area contributed by atoms with Crippen molar-refractivity contribution in [2.45, 2.75) is 6.92 Å². The molecule has 1 amide bonds. The zero-order chi connectivity index (χ0) is 15.6. The number of nitrogens with zero attached hydrogens (tertiary/aromatic N) is 3. The number of carbonyl (C=O) groups is 1. The van der Waals surface area contributed by atoms with Crippen molar-refractivity contribution in [3.05, 3.63) is 49.7 Å². The van der Waals surface area contributed by atoms with E-state index in [1.807, 2.05) is 12.3 Å². The molecule has 2 aromatic rings. The van der Waals surface area contributed by atoms with Crippen molar-refractivity contribution in [3.63, 3.8) is 0 Å². The molecule has 0 aliphatic heterocycles. The number of nitrogens with one attached hydrogen (secondary N) is 1. The van der Waals surface area contributed by atoms with Crippen LogP contribution in [0.4, 0.5) is 5.13 Å². The molecule has 0 saturated carbocycles. The highest BCUT2D eigenvalue weighted by atomic mass is 32.1. The SMILES string of the molecule is Cc1csc(NC(=O)/C=C/c2cn(C)c(=O)n(C)c2=O)n1. The standard InChI is InChI=1S/C13H14N4O3S/c1-8-7-21-12(14-8)15-10(18)5-4-9-6-16(2)13(20)17(3)11(9)19/h4-7H,1-3H3,(H,14,15,18)/b5-4+. The number of aryl methyl sites for hydroxylation is 2. The van der Waals surface area contributed by atoms with E-state index in [4.69, 9.17) is 0 Å². The fourth-order valence-electron chi connectivity index (χ4n) is 1.67. The fraction of sp³-hybridized carbons (Fsp3) is 0.231. The smallest absolute Gasteiger partial charge is 0.303 e. The highest BCUT2D eigenvalue weighted by molar-refractivity contribution is 7.13. The Balaban J connectivity index is 2.20. The summed E-state index contributed by atoms with van der Waals surface area (Å²) in [6.45, 7) is 1.83. The molecule has 8 heteroatoms. The molecule has 7 nitrogen and oxygen atoms in total. The number of hydrogen-bond acceptors (Lipinski definition) is 5. The third-order valence-corrected chi connectivity index (χ3v) is 3.61. The molecule has 2 aromatic heterocycles. The van der Waals surface area contributed by atoms with Crippen LogP contribution >= 0.6 is 11.3 Å². The van der Waals surface area contributed by atoms with E-state index in [1.165, 1.54) is 48.3 Å². The minimum atomic E-state index is -0.452. The predicted octanol–water partition coefficient (Wildman–Crippen LogP) is 0.501. The van der Waals surface area contributed by atoms with Crippen LogP contribution in [-0.4, -0.2) is 20.0 Å². The number of carbonyl (C=O) groups excluding carboxylic acids is 1. The van der Waals surface area contributed by atoms with Gasteiger partial charge in [-0.1, -0.05) is 0 Å². The van der Waals surface area contributed by atoms with E-state index in [2.05, 4.69) is 10.3 Å². The molecule has 0 aromatic carbocycles. The van der Waals surface area contributed by atoms with Crippen LogP contribution in [0.2, 0.25) is 0 Å². The van der Waals surface area contributed by atoms with Crippen LogP contribution in [0.5, 0.6) is 0 Å². The summed E-state index contributed by atoms with van der Waals surface area (Å²) in [6.07, 6.45) is 4.00. The molecule has 0 aliphatic rings. The Morgan fingerprint density at radius 3 is 2.71 bits per heavy atom. The van der Waals surface area contributed by atoms with E-state index < -0.39 is 11.2 Å². The minimum absolute atomic E-state index is 0.255. The summed E-state index contributed by atoms with van der Waals surface area (Å²) in [5.74, 6) is -0.389. The van der Waals surface area contributed by atoms with Gasteiger partial charge in [0.1, 0.15) is 0 Å². The van der Waals surface area contributed by atoms with E-state index in [-0.39, 0.29) is 11.5 Å². The molecule has 0 unspecified atom stereocenters. The fourth-order valence-corrected chi connectivity index (χ4v) is 2.37. The lowest BCUT2D eigenvalue weighted by Gasteiger charge is -2.03. The van der Waals surface area contributed by atoms with Crippen molar-refractivity contribution in [1.29, 1.82) is 0 Å². The number of aromatic nitrogens is 3. The molecule has 0 aliphatic carbocycles. The van der Waals surface area contributed by atoms with Gasteiger partial charge < -0.3 is 4.57 Å². The Bertz CT molecular complexity index is 829. The molecule has 0 spiro atoms. The van der Waals surface area contributed by atoms with Gasteiger partial charge >= 0.3 is 5.69 Å². The topological polar surface area (TPSA) is 86.0 Å². The first kappa shape index (κ1) is 14.9. The highest BCUT2D eigenvalue weighted by Gasteiger charge is 2.05. The monoisotopic (exact) mass is 306 g/mol. The van der Waals surface area contributed by atoms with Gasteiger partial charge in [-0.3, -0.25) is 19.5 Å². The van der Waals surface area contributed by atoms with E-state index in [1.54, 1.807) is 0 Å². The molecule has 0 fully saturated rings. The maximum atomic E-state index is 11.9. The van der Waals surface area contributed by atoms with E-state index >= 15 is 0 Å². The predicted molar refractivity (Wildman–Crippen MR) is 81.4 cm³/mol. The van der Waals surface area contributed by atoms with E-state index in [0.717, 1.165) is 10.3 Å². The Labute approximate surface area is 124 Å². The molecule has 1 N–H and O–H groups in total. The van der Waals surface area contributed by atoms with Crippen molar-refractivity contribution in [2.24, 2.45) is 14.1 Å². The average Bonchev–Trinajstić information content (AvgIpc) is 2.84. The van der Waals surface area contributed by atoms with Gasteiger partial charge in [0, 0.05) is 31.7 Å². The van der Waals surface area contributed by atoms with Gasteiger partial charge in [-0.2, -0.15) is 0 Å². The first-order valence-corrected chi connectivity index (χ1v) is 6.94. The van der Waals surface area contributed by atoms with Gasteiger partial charge in [-0.25, -0.2) is 9.78 Å². The van der Waals surface area contributed by atoms with Crippen LogP contribution in [0.25, 0.3) is 6.08 Å². The molecule has 0 saturated heterocycles. The van der Waals surface area contributed by atoms with Crippen molar-refractivity contribution < 1.29 is 4.79 Å². The lowest BCUT2D eigenvalue weighted by Crippen LogP contribution is -2.37.